The predicted molar refractivity (Wildman–Crippen MR) is 154 cm³/mol. The minimum absolute atomic E-state index is 1.00. The van der Waals surface area contributed by atoms with Gasteiger partial charge in [-0.3, -0.25) is 4.40 Å². The van der Waals surface area contributed by atoms with Crippen LogP contribution in [0.1, 0.15) is 0 Å². The van der Waals surface area contributed by atoms with Crippen LogP contribution in [0.5, 0.6) is 0 Å². The zero-order chi connectivity index (χ0) is 23.6. The van der Waals surface area contributed by atoms with Crippen LogP contribution in [0.2, 0.25) is 0 Å². The second kappa shape index (κ2) is 7.51. The van der Waals surface area contributed by atoms with E-state index >= 15 is 0 Å². The molecule has 3 aromatic heterocycles. The van der Waals surface area contributed by atoms with E-state index in [2.05, 4.69) is 125 Å². The maximum atomic E-state index is 4.63. The standard InChI is InChI=1S/C33H20N2S/c1-2-11-28-25(9-1)29-20-22(15-16-30(29)35-18-17-34-33(28)35)21-7-5-8-23(19-21)24-12-6-13-27-26-10-3-4-14-31(26)36-32(24)27/h1-20H. The Balaban J connectivity index is 1.34. The smallest absolute Gasteiger partial charge is 0.145 e. The molecule has 0 aliphatic rings. The molecule has 2 nitrogen and oxygen atoms in total. The first-order valence-electron chi connectivity index (χ1n) is 12.1. The van der Waals surface area contributed by atoms with Crippen LogP contribution in [0.25, 0.3) is 69.7 Å². The van der Waals surface area contributed by atoms with Crippen molar-refractivity contribution >= 4 is 58.8 Å². The highest BCUT2D eigenvalue weighted by Gasteiger charge is 2.13. The van der Waals surface area contributed by atoms with Crippen molar-refractivity contribution in [2.75, 3.05) is 0 Å². The van der Waals surface area contributed by atoms with E-state index in [4.69, 9.17) is 0 Å². The van der Waals surface area contributed by atoms with E-state index in [9.17, 15) is 0 Å². The van der Waals surface area contributed by atoms with Gasteiger partial charge in [0, 0.05) is 43.3 Å². The van der Waals surface area contributed by atoms with Crippen LogP contribution in [0, 0.1) is 0 Å². The number of aromatic nitrogens is 2. The average Bonchev–Trinajstić information content (AvgIpc) is 3.58. The molecule has 0 spiro atoms. The first kappa shape index (κ1) is 19.8. The highest BCUT2D eigenvalue weighted by molar-refractivity contribution is 7.26. The number of fused-ring (bicyclic) bond motifs is 9. The number of rotatable bonds is 2. The van der Waals surface area contributed by atoms with Crippen molar-refractivity contribution in [2.45, 2.75) is 0 Å². The van der Waals surface area contributed by atoms with E-state index in [1.807, 2.05) is 17.5 Å². The van der Waals surface area contributed by atoms with E-state index in [-0.39, 0.29) is 0 Å². The molecule has 0 fully saturated rings. The summed E-state index contributed by atoms with van der Waals surface area (Å²) in [5.41, 5.74) is 7.17. The van der Waals surface area contributed by atoms with Crippen LogP contribution in [0.3, 0.4) is 0 Å². The average molecular weight is 477 g/mol. The van der Waals surface area contributed by atoms with Gasteiger partial charge in [0.05, 0.1) is 5.52 Å². The number of pyridine rings is 1. The Bertz CT molecular complexity index is 2110. The maximum absolute atomic E-state index is 4.63. The lowest BCUT2D eigenvalue weighted by molar-refractivity contribution is 1.27. The highest BCUT2D eigenvalue weighted by Crippen LogP contribution is 2.41. The Morgan fingerprint density at radius 3 is 2.25 bits per heavy atom. The summed E-state index contributed by atoms with van der Waals surface area (Å²) >= 11 is 1.88. The van der Waals surface area contributed by atoms with Gasteiger partial charge in [-0.2, -0.15) is 0 Å². The van der Waals surface area contributed by atoms with E-state index in [1.54, 1.807) is 0 Å². The molecule has 0 unspecified atom stereocenters. The van der Waals surface area contributed by atoms with E-state index < -0.39 is 0 Å². The number of hydrogen-bond donors (Lipinski definition) is 0. The monoisotopic (exact) mass is 476 g/mol. The summed E-state index contributed by atoms with van der Waals surface area (Å²) in [5, 5.41) is 6.32. The predicted octanol–water partition coefficient (Wildman–Crippen LogP) is 9.34. The SMILES string of the molecule is c1cc(-c2ccc3c(c2)c2ccccc2c2nccn32)cc(-c2cccc3c2sc2ccccc23)c1. The van der Waals surface area contributed by atoms with Crippen molar-refractivity contribution in [3.05, 3.63) is 122 Å². The van der Waals surface area contributed by atoms with Gasteiger partial charge >= 0.3 is 0 Å². The van der Waals surface area contributed by atoms with Crippen molar-refractivity contribution in [1.82, 2.24) is 9.38 Å². The molecule has 0 amide bonds. The second-order valence-corrected chi connectivity index (χ2v) is 10.3. The molecule has 5 aromatic carbocycles. The quantitative estimate of drug-likeness (QED) is 0.227. The topological polar surface area (TPSA) is 17.3 Å². The van der Waals surface area contributed by atoms with Crippen LogP contribution < -0.4 is 0 Å². The lowest BCUT2D eigenvalue weighted by Crippen LogP contribution is -1.91. The van der Waals surface area contributed by atoms with Gasteiger partial charge in [0.15, 0.2) is 0 Å². The zero-order valence-electron chi connectivity index (χ0n) is 19.3. The van der Waals surface area contributed by atoms with Gasteiger partial charge in [-0.1, -0.05) is 84.9 Å². The van der Waals surface area contributed by atoms with Crippen molar-refractivity contribution in [1.29, 1.82) is 0 Å². The molecule has 0 atom stereocenters. The van der Waals surface area contributed by atoms with Gasteiger partial charge in [0.25, 0.3) is 0 Å². The molecule has 0 aliphatic heterocycles. The van der Waals surface area contributed by atoms with Crippen LogP contribution in [-0.2, 0) is 0 Å². The Morgan fingerprint density at radius 2 is 1.31 bits per heavy atom. The number of imidazole rings is 1. The summed E-state index contributed by atoms with van der Waals surface area (Å²) in [6.07, 6.45) is 3.93. The minimum Gasteiger partial charge on any atom is -0.299 e. The first-order chi connectivity index (χ1) is 17.8. The molecule has 3 heteroatoms. The molecule has 0 N–H and O–H groups in total. The third kappa shape index (κ3) is 2.81. The molecular weight excluding hydrogens is 456 g/mol. The Morgan fingerprint density at radius 1 is 0.556 bits per heavy atom. The van der Waals surface area contributed by atoms with E-state index in [0.29, 0.717) is 0 Å². The fourth-order valence-electron chi connectivity index (χ4n) is 5.59. The van der Waals surface area contributed by atoms with Crippen molar-refractivity contribution in [2.24, 2.45) is 0 Å². The molecule has 0 bridgehead atoms. The van der Waals surface area contributed by atoms with Gasteiger partial charge in [0.2, 0.25) is 0 Å². The maximum Gasteiger partial charge on any atom is 0.145 e. The lowest BCUT2D eigenvalue weighted by atomic mass is 9.96. The Labute approximate surface area is 211 Å². The number of hydrogen-bond acceptors (Lipinski definition) is 2. The first-order valence-corrected chi connectivity index (χ1v) is 13.0. The summed E-state index contributed by atoms with van der Waals surface area (Å²) in [7, 11) is 0. The van der Waals surface area contributed by atoms with Crippen LogP contribution in [0.15, 0.2) is 122 Å². The van der Waals surface area contributed by atoms with E-state index in [0.717, 1.165) is 5.65 Å². The van der Waals surface area contributed by atoms with Crippen LogP contribution >= 0.6 is 11.3 Å². The molecule has 0 saturated heterocycles. The third-order valence-corrected chi connectivity index (χ3v) is 8.49. The minimum atomic E-state index is 1.00. The third-order valence-electron chi connectivity index (χ3n) is 7.27. The van der Waals surface area contributed by atoms with Crippen LogP contribution in [0.4, 0.5) is 0 Å². The second-order valence-electron chi connectivity index (χ2n) is 9.26. The Hall–Kier alpha value is -4.47. The normalized spacial score (nSPS) is 11.9. The van der Waals surface area contributed by atoms with Gasteiger partial charge in [-0.25, -0.2) is 4.98 Å². The molecule has 168 valence electrons. The van der Waals surface area contributed by atoms with E-state index in [1.165, 1.54) is 64.1 Å². The Kier molecular flexibility index (Phi) is 4.13. The summed E-state index contributed by atoms with van der Waals surface area (Å²) in [6.45, 7) is 0. The molecule has 0 saturated carbocycles. The zero-order valence-corrected chi connectivity index (χ0v) is 20.2. The molecule has 8 rings (SSSR count). The number of thiophene rings is 1. The van der Waals surface area contributed by atoms with Gasteiger partial charge in [-0.05, 0) is 51.9 Å². The fraction of sp³-hybridized carbons (Fsp3) is 0. The van der Waals surface area contributed by atoms with Gasteiger partial charge in [0.1, 0.15) is 5.65 Å². The van der Waals surface area contributed by atoms with Gasteiger partial charge in [-0.15, -0.1) is 11.3 Å². The number of nitrogens with zero attached hydrogens (tertiary/aromatic N) is 2. The van der Waals surface area contributed by atoms with Gasteiger partial charge < -0.3 is 0 Å². The van der Waals surface area contributed by atoms with Crippen molar-refractivity contribution in [3.8, 4) is 22.3 Å². The summed E-state index contributed by atoms with van der Waals surface area (Å²) in [5.74, 6) is 0. The molecule has 0 radical (unpaired) electrons. The molecule has 8 aromatic rings. The molecule has 0 aliphatic carbocycles. The largest absolute Gasteiger partial charge is 0.299 e. The molecular formula is C33H20N2S. The fourth-order valence-corrected chi connectivity index (χ4v) is 6.83. The molecule has 3 heterocycles. The van der Waals surface area contributed by atoms with Crippen molar-refractivity contribution < 1.29 is 0 Å². The summed E-state index contributed by atoms with van der Waals surface area (Å²) < 4.78 is 4.88. The lowest BCUT2D eigenvalue weighted by Gasteiger charge is -2.11. The van der Waals surface area contributed by atoms with Crippen molar-refractivity contribution in [3.63, 3.8) is 0 Å². The molecule has 36 heavy (non-hydrogen) atoms. The highest BCUT2D eigenvalue weighted by atomic mass is 32.1. The summed E-state index contributed by atoms with van der Waals surface area (Å²) in [4.78, 5) is 4.63. The number of benzene rings is 5. The van der Waals surface area contributed by atoms with Crippen LogP contribution in [-0.4, -0.2) is 9.38 Å². The summed E-state index contributed by atoms with van der Waals surface area (Å²) in [6, 6.07) is 39.7.